The number of hydrogen-bond acceptors (Lipinski definition) is 7. The van der Waals surface area contributed by atoms with E-state index in [4.69, 9.17) is 5.41 Å². The van der Waals surface area contributed by atoms with Crippen LogP contribution in [0.15, 0.2) is 54.3 Å². The highest BCUT2D eigenvalue weighted by atomic mass is 32.2. The summed E-state index contributed by atoms with van der Waals surface area (Å²) in [4.78, 5) is 18.7. The standard InChI is InChI=1S/C22H20N4O4S2/c23-20-19(22-25-16-3-1-2-4-18(16)31-22)17(27)11-26(20)15-7-5-13(6-8-15)21(28)24-14-9-10-32(29,30)12-14/h1-8,14,23,27H,9-12H2,(H,24,28)/t14-/m0/s1. The van der Waals surface area contributed by atoms with Gasteiger partial charge in [0, 0.05) is 17.3 Å². The molecule has 3 aromatic rings. The van der Waals surface area contributed by atoms with Crippen molar-refractivity contribution in [3.63, 3.8) is 0 Å². The highest BCUT2D eigenvalue weighted by molar-refractivity contribution is 7.91. The van der Waals surface area contributed by atoms with Gasteiger partial charge in [0.2, 0.25) is 0 Å². The predicted molar refractivity (Wildman–Crippen MR) is 125 cm³/mol. The Balaban J connectivity index is 1.31. The van der Waals surface area contributed by atoms with Crippen LogP contribution < -0.4 is 10.2 Å². The van der Waals surface area contributed by atoms with Gasteiger partial charge in [-0.25, -0.2) is 13.4 Å². The largest absolute Gasteiger partial charge is 0.510 e. The molecule has 8 nitrogen and oxygen atoms in total. The topological polar surface area (TPSA) is 123 Å². The van der Waals surface area contributed by atoms with Crippen molar-refractivity contribution in [2.45, 2.75) is 12.5 Å². The molecule has 1 amide bonds. The number of nitrogens with zero attached hydrogens (tertiary/aromatic N) is 2. The fourth-order valence-corrected chi connectivity index (χ4v) is 6.68. The number of aliphatic hydroxyl groups is 1. The second-order valence-corrected chi connectivity index (χ2v) is 11.1. The van der Waals surface area contributed by atoms with Crippen molar-refractivity contribution >= 4 is 54.4 Å². The Bertz CT molecular complexity index is 1340. The van der Waals surface area contributed by atoms with E-state index >= 15 is 0 Å². The van der Waals surface area contributed by atoms with Crippen LogP contribution in [0.1, 0.15) is 21.8 Å². The Morgan fingerprint density at radius 2 is 1.94 bits per heavy atom. The summed E-state index contributed by atoms with van der Waals surface area (Å²) in [6.45, 7) is 0.148. The van der Waals surface area contributed by atoms with Gasteiger partial charge in [0.25, 0.3) is 5.91 Å². The van der Waals surface area contributed by atoms with Gasteiger partial charge in [-0.15, -0.1) is 11.3 Å². The van der Waals surface area contributed by atoms with Crippen LogP contribution in [0.25, 0.3) is 15.8 Å². The zero-order valence-electron chi connectivity index (χ0n) is 16.9. The molecule has 164 valence electrons. The van der Waals surface area contributed by atoms with Gasteiger partial charge in [0.15, 0.2) is 9.84 Å². The predicted octanol–water partition coefficient (Wildman–Crippen LogP) is 2.98. The van der Waals surface area contributed by atoms with Crippen LogP contribution in [0, 0.1) is 5.41 Å². The fraction of sp³-hybridized carbons (Fsp3) is 0.227. The van der Waals surface area contributed by atoms with E-state index in [0.29, 0.717) is 28.3 Å². The van der Waals surface area contributed by atoms with Crippen LogP contribution >= 0.6 is 11.3 Å². The quantitative estimate of drug-likeness (QED) is 0.541. The summed E-state index contributed by atoms with van der Waals surface area (Å²) >= 11 is 1.43. The Kier molecular flexibility index (Phi) is 4.98. The second-order valence-electron chi connectivity index (χ2n) is 7.86. The molecule has 0 radical (unpaired) electrons. The molecule has 5 rings (SSSR count). The number of aliphatic hydroxyl groups excluding tert-OH is 1. The number of rotatable bonds is 4. The molecule has 0 aliphatic carbocycles. The highest BCUT2D eigenvalue weighted by Crippen LogP contribution is 2.35. The van der Waals surface area contributed by atoms with Crippen LogP contribution in [0.3, 0.4) is 0 Å². The van der Waals surface area contributed by atoms with Gasteiger partial charge >= 0.3 is 0 Å². The maximum Gasteiger partial charge on any atom is 0.251 e. The molecule has 1 saturated heterocycles. The van der Waals surface area contributed by atoms with E-state index in [9.17, 15) is 18.3 Å². The number of hydrogen-bond donors (Lipinski definition) is 3. The highest BCUT2D eigenvalue weighted by Gasteiger charge is 2.32. The van der Waals surface area contributed by atoms with Gasteiger partial charge in [-0.2, -0.15) is 0 Å². The molecular formula is C22H20N4O4S2. The molecule has 0 spiro atoms. The number of nitrogens with one attached hydrogen (secondary N) is 2. The molecular weight excluding hydrogens is 448 g/mol. The molecule has 2 aliphatic rings. The minimum atomic E-state index is -3.07. The van der Waals surface area contributed by atoms with Gasteiger partial charge in [-0.3, -0.25) is 10.2 Å². The van der Waals surface area contributed by atoms with Crippen molar-refractivity contribution in [2.75, 3.05) is 23.0 Å². The van der Waals surface area contributed by atoms with Crippen LogP contribution in [-0.2, 0) is 9.84 Å². The Hall–Kier alpha value is -3.24. The summed E-state index contributed by atoms with van der Waals surface area (Å²) in [5, 5.41) is 22.5. The first-order valence-electron chi connectivity index (χ1n) is 10.1. The maximum atomic E-state index is 12.5. The number of para-hydroxylation sites is 1. The van der Waals surface area contributed by atoms with Crippen LogP contribution in [0.2, 0.25) is 0 Å². The number of amides is 1. The summed E-state index contributed by atoms with van der Waals surface area (Å²) in [6.07, 6.45) is 0.427. The third-order valence-corrected chi connectivity index (χ3v) is 8.44. The van der Waals surface area contributed by atoms with E-state index in [0.717, 1.165) is 10.2 Å². The first kappa shape index (κ1) is 20.7. The van der Waals surface area contributed by atoms with E-state index in [1.165, 1.54) is 11.3 Å². The summed E-state index contributed by atoms with van der Waals surface area (Å²) in [6, 6.07) is 14.0. The van der Waals surface area contributed by atoms with Crippen molar-refractivity contribution in [3.8, 4) is 0 Å². The Morgan fingerprint density at radius 3 is 2.62 bits per heavy atom. The number of fused-ring (bicyclic) bond motifs is 1. The van der Waals surface area contributed by atoms with Crippen molar-refractivity contribution in [3.05, 3.63) is 64.9 Å². The third kappa shape index (κ3) is 3.76. The van der Waals surface area contributed by atoms with Gasteiger partial charge in [-0.05, 0) is 42.8 Å². The number of sulfone groups is 1. The molecule has 1 aromatic heterocycles. The normalized spacial score (nSPS) is 20.3. The van der Waals surface area contributed by atoms with E-state index in [2.05, 4.69) is 10.3 Å². The maximum absolute atomic E-state index is 12.5. The van der Waals surface area contributed by atoms with Crippen molar-refractivity contribution in [2.24, 2.45) is 0 Å². The lowest BCUT2D eigenvalue weighted by atomic mass is 10.1. The van der Waals surface area contributed by atoms with E-state index < -0.39 is 9.84 Å². The van der Waals surface area contributed by atoms with Crippen molar-refractivity contribution in [1.29, 1.82) is 5.41 Å². The van der Waals surface area contributed by atoms with E-state index in [1.807, 2.05) is 24.3 Å². The average molecular weight is 469 g/mol. The minimum absolute atomic E-state index is 0.0265. The molecule has 3 N–H and O–H groups in total. The van der Waals surface area contributed by atoms with E-state index in [1.54, 1.807) is 29.2 Å². The van der Waals surface area contributed by atoms with Gasteiger partial charge < -0.3 is 15.3 Å². The van der Waals surface area contributed by atoms with E-state index in [-0.39, 0.29) is 41.6 Å². The minimum Gasteiger partial charge on any atom is -0.510 e. The zero-order valence-corrected chi connectivity index (χ0v) is 18.5. The first-order valence-corrected chi connectivity index (χ1v) is 12.7. The average Bonchev–Trinajstić information content (AvgIpc) is 3.42. The molecule has 3 heterocycles. The molecule has 0 saturated carbocycles. The number of benzene rings is 2. The molecule has 1 fully saturated rings. The fourth-order valence-electron chi connectivity index (χ4n) is 3.97. The summed E-state index contributed by atoms with van der Waals surface area (Å²) in [5.41, 5.74) is 2.31. The number of carbonyl (C=O) groups excluding carboxylic acids is 1. The molecule has 0 unspecified atom stereocenters. The second kappa shape index (κ2) is 7.72. The molecule has 2 aromatic carbocycles. The number of thiazole rings is 1. The number of aromatic nitrogens is 1. The lowest BCUT2D eigenvalue weighted by molar-refractivity contribution is 0.0941. The van der Waals surface area contributed by atoms with Gasteiger partial charge in [0.1, 0.15) is 16.6 Å². The Labute approximate surface area is 188 Å². The summed E-state index contributed by atoms with van der Waals surface area (Å²) in [5.74, 6) is -0.0255. The van der Waals surface area contributed by atoms with Crippen LogP contribution in [0.4, 0.5) is 5.69 Å². The molecule has 32 heavy (non-hydrogen) atoms. The lowest BCUT2D eigenvalue weighted by Crippen LogP contribution is -2.35. The number of amidine groups is 1. The summed E-state index contributed by atoms with van der Waals surface area (Å²) < 4.78 is 24.2. The van der Waals surface area contributed by atoms with Gasteiger partial charge in [0.05, 0.1) is 33.8 Å². The van der Waals surface area contributed by atoms with Gasteiger partial charge in [-0.1, -0.05) is 12.1 Å². The number of carbonyl (C=O) groups is 1. The van der Waals surface area contributed by atoms with Crippen LogP contribution in [0.5, 0.6) is 0 Å². The molecule has 1 atom stereocenters. The van der Waals surface area contributed by atoms with Crippen LogP contribution in [-0.4, -0.2) is 54.3 Å². The SMILES string of the molecule is N=C1C(c2nc3ccccc3s2)=C(O)CN1c1ccc(C(=O)N[C@H]2CCS(=O)(=O)C2)cc1. The van der Waals surface area contributed by atoms with Crippen molar-refractivity contribution in [1.82, 2.24) is 10.3 Å². The molecule has 0 bridgehead atoms. The van der Waals surface area contributed by atoms with Crippen molar-refractivity contribution < 1.29 is 18.3 Å². The summed E-state index contributed by atoms with van der Waals surface area (Å²) in [7, 11) is -3.07. The molecule has 2 aliphatic heterocycles. The number of anilines is 1. The molecule has 10 heteroatoms. The lowest BCUT2D eigenvalue weighted by Gasteiger charge is -2.19. The monoisotopic (exact) mass is 468 g/mol. The zero-order chi connectivity index (χ0) is 22.5. The first-order chi connectivity index (χ1) is 15.3. The Morgan fingerprint density at radius 1 is 1.19 bits per heavy atom. The smallest absolute Gasteiger partial charge is 0.251 e. The third-order valence-electron chi connectivity index (χ3n) is 5.62.